The van der Waals surface area contributed by atoms with Crippen molar-refractivity contribution in [3.05, 3.63) is 80.1 Å². The summed E-state index contributed by atoms with van der Waals surface area (Å²) >= 11 is 12.5. The fourth-order valence-electron chi connectivity index (χ4n) is 3.44. The molecule has 126 valence electrons. The number of para-hydroxylation sites is 1. The van der Waals surface area contributed by atoms with E-state index in [1.54, 1.807) is 36.4 Å². The Morgan fingerprint density at radius 1 is 0.731 bits per heavy atom. The number of aromatic amines is 1. The number of nitrogens with one attached hydrogen (secondary N) is 1. The molecule has 5 aromatic rings. The molecule has 0 saturated carbocycles. The zero-order valence-corrected chi connectivity index (χ0v) is 14.7. The molecular weight excluding hydrogens is 371 g/mol. The SMILES string of the molecule is O=c1c2ccccc2[nH]c2cc3c(=O)c4ccc(Cl)cc4n(Cl)c3cc12. The van der Waals surface area contributed by atoms with Gasteiger partial charge in [-0.2, -0.15) is 0 Å². The van der Waals surface area contributed by atoms with E-state index in [9.17, 15) is 9.59 Å². The maximum Gasteiger partial charge on any atom is 0.197 e. The fraction of sp³-hybridized carbons (Fsp3) is 0. The van der Waals surface area contributed by atoms with Crippen molar-refractivity contribution in [2.75, 3.05) is 0 Å². The van der Waals surface area contributed by atoms with Gasteiger partial charge in [0.2, 0.25) is 0 Å². The Morgan fingerprint density at radius 3 is 2.31 bits per heavy atom. The minimum Gasteiger partial charge on any atom is -0.354 e. The molecule has 26 heavy (non-hydrogen) atoms. The second-order valence-electron chi connectivity index (χ2n) is 6.19. The molecule has 0 amide bonds. The summed E-state index contributed by atoms with van der Waals surface area (Å²) in [6.45, 7) is 0. The quantitative estimate of drug-likeness (QED) is 0.392. The van der Waals surface area contributed by atoms with Crippen molar-refractivity contribution in [3.8, 4) is 0 Å². The van der Waals surface area contributed by atoms with Crippen molar-refractivity contribution in [1.29, 1.82) is 0 Å². The van der Waals surface area contributed by atoms with Crippen molar-refractivity contribution in [2.45, 2.75) is 0 Å². The van der Waals surface area contributed by atoms with Crippen molar-refractivity contribution < 1.29 is 0 Å². The minimum absolute atomic E-state index is 0.105. The number of fused-ring (bicyclic) bond motifs is 4. The predicted molar refractivity (Wildman–Crippen MR) is 108 cm³/mol. The number of halogens is 2. The van der Waals surface area contributed by atoms with E-state index in [0.717, 1.165) is 5.52 Å². The third kappa shape index (κ3) is 2.03. The lowest BCUT2D eigenvalue weighted by Crippen LogP contribution is -2.10. The predicted octanol–water partition coefficient (Wildman–Crippen LogP) is 4.80. The lowest BCUT2D eigenvalue weighted by atomic mass is 10.1. The maximum atomic E-state index is 12.9. The van der Waals surface area contributed by atoms with Crippen LogP contribution in [0.2, 0.25) is 5.02 Å². The Kier molecular flexibility index (Phi) is 3.17. The van der Waals surface area contributed by atoms with Gasteiger partial charge in [-0.25, -0.2) is 0 Å². The van der Waals surface area contributed by atoms with Crippen molar-refractivity contribution in [2.24, 2.45) is 0 Å². The van der Waals surface area contributed by atoms with Crippen LogP contribution < -0.4 is 10.9 Å². The van der Waals surface area contributed by atoms with Gasteiger partial charge < -0.3 is 4.98 Å². The monoisotopic (exact) mass is 380 g/mol. The number of hydrogen-bond donors (Lipinski definition) is 1. The molecular formula is C20H10Cl2N2O2. The Bertz CT molecular complexity index is 1500. The summed E-state index contributed by atoms with van der Waals surface area (Å²) in [7, 11) is 0. The number of hydrogen-bond acceptors (Lipinski definition) is 2. The van der Waals surface area contributed by atoms with E-state index in [-0.39, 0.29) is 10.9 Å². The van der Waals surface area contributed by atoms with Gasteiger partial charge >= 0.3 is 0 Å². The average Bonchev–Trinajstić information content (AvgIpc) is 2.65. The Hall–Kier alpha value is -2.82. The first kappa shape index (κ1) is 15.4. The van der Waals surface area contributed by atoms with Crippen LogP contribution in [0.25, 0.3) is 43.6 Å². The molecule has 0 aliphatic heterocycles. The number of H-pyrrole nitrogens is 1. The van der Waals surface area contributed by atoms with Crippen LogP contribution in [0.4, 0.5) is 0 Å². The molecule has 4 nitrogen and oxygen atoms in total. The highest BCUT2D eigenvalue weighted by atomic mass is 35.5. The average molecular weight is 381 g/mol. The summed E-state index contributed by atoms with van der Waals surface area (Å²) in [5.41, 5.74) is 2.05. The summed E-state index contributed by atoms with van der Waals surface area (Å²) in [5, 5.41) is 2.46. The molecule has 0 atom stereocenters. The Labute approximate surface area is 156 Å². The molecule has 0 spiro atoms. The first-order valence-electron chi connectivity index (χ1n) is 7.93. The van der Waals surface area contributed by atoms with Crippen LogP contribution in [0.5, 0.6) is 0 Å². The molecule has 2 aromatic heterocycles. The van der Waals surface area contributed by atoms with Crippen LogP contribution in [0, 0.1) is 0 Å². The van der Waals surface area contributed by atoms with Gasteiger partial charge in [-0.1, -0.05) is 23.7 Å². The lowest BCUT2D eigenvalue weighted by molar-refractivity contribution is 1.36. The summed E-state index contributed by atoms with van der Waals surface area (Å²) in [6, 6.07) is 15.6. The number of rotatable bonds is 0. The number of pyridine rings is 2. The van der Waals surface area contributed by atoms with Gasteiger partial charge in [-0.15, -0.1) is 0 Å². The topological polar surface area (TPSA) is 54.9 Å². The molecule has 0 fully saturated rings. The van der Waals surface area contributed by atoms with E-state index in [0.29, 0.717) is 43.1 Å². The van der Waals surface area contributed by atoms with Gasteiger partial charge in [0, 0.05) is 43.9 Å². The number of benzene rings is 3. The highest BCUT2D eigenvalue weighted by Gasteiger charge is 2.14. The van der Waals surface area contributed by atoms with Crippen molar-refractivity contribution in [3.63, 3.8) is 0 Å². The normalized spacial score (nSPS) is 11.8. The molecule has 2 heterocycles. The standard InChI is InChI=1S/C20H10Cl2N2O2/c21-10-5-6-12-17(7-10)24(22)18-9-13-16(8-14(18)20(12)26)23-15-4-2-1-3-11(15)19(13)25/h1-9H,(H,23,25). The second-order valence-corrected chi connectivity index (χ2v) is 6.96. The first-order valence-corrected chi connectivity index (χ1v) is 8.65. The third-order valence-electron chi connectivity index (χ3n) is 4.69. The summed E-state index contributed by atoms with van der Waals surface area (Å²) in [5.74, 6) is 0. The van der Waals surface area contributed by atoms with Crippen LogP contribution in [0.1, 0.15) is 0 Å². The molecule has 1 N–H and O–H groups in total. The summed E-state index contributed by atoms with van der Waals surface area (Å²) < 4.78 is 1.38. The van der Waals surface area contributed by atoms with Crippen molar-refractivity contribution >= 4 is 67.0 Å². The van der Waals surface area contributed by atoms with Crippen LogP contribution in [0.15, 0.2) is 64.2 Å². The number of nitrogens with zero attached hydrogens (tertiary/aromatic N) is 1. The zero-order valence-electron chi connectivity index (χ0n) is 13.2. The minimum atomic E-state index is -0.153. The third-order valence-corrected chi connectivity index (χ3v) is 5.29. The maximum absolute atomic E-state index is 12.9. The lowest BCUT2D eigenvalue weighted by Gasteiger charge is -2.10. The number of aromatic nitrogens is 2. The van der Waals surface area contributed by atoms with Gasteiger partial charge in [0.25, 0.3) is 0 Å². The Balaban J connectivity index is 2.07. The highest BCUT2D eigenvalue weighted by molar-refractivity contribution is 6.32. The van der Waals surface area contributed by atoms with E-state index in [1.165, 1.54) is 4.09 Å². The fourth-order valence-corrected chi connectivity index (χ4v) is 3.88. The smallest absolute Gasteiger partial charge is 0.197 e. The van der Waals surface area contributed by atoms with E-state index in [4.69, 9.17) is 23.4 Å². The molecule has 0 saturated heterocycles. The first-order chi connectivity index (χ1) is 12.5. The van der Waals surface area contributed by atoms with Crippen molar-refractivity contribution in [1.82, 2.24) is 9.07 Å². The molecule has 5 rings (SSSR count). The van der Waals surface area contributed by atoms with Gasteiger partial charge in [-0.3, -0.25) is 13.7 Å². The summed E-state index contributed by atoms with van der Waals surface area (Å²) in [6.07, 6.45) is 0. The molecule has 0 aliphatic carbocycles. The molecule has 3 aromatic carbocycles. The largest absolute Gasteiger partial charge is 0.354 e. The van der Waals surface area contributed by atoms with Crippen LogP contribution >= 0.6 is 23.4 Å². The van der Waals surface area contributed by atoms with E-state index >= 15 is 0 Å². The zero-order chi connectivity index (χ0) is 18.0. The van der Waals surface area contributed by atoms with Gasteiger partial charge in [0.1, 0.15) is 0 Å². The molecule has 0 radical (unpaired) electrons. The van der Waals surface area contributed by atoms with E-state index < -0.39 is 0 Å². The van der Waals surface area contributed by atoms with Gasteiger partial charge in [0.15, 0.2) is 10.9 Å². The Morgan fingerprint density at radius 2 is 1.46 bits per heavy atom. The molecule has 0 aliphatic rings. The van der Waals surface area contributed by atoms with Gasteiger partial charge in [-0.05, 0) is 42.5 Å². The second kappa shape index (κ2) is 5.34. The molecule has 6 heteroatoms. The van der Waals surface area contributed by atoms with Gasteiger partial charge in [0.05, 0.1) is 16.6 Å². The van der Waals surface area contributed by atoms with Crippen LogP contribution in [-0.2, 0) is 0 Å². The van der Waals surface area contributed by atoms with E-state index in [1.807, 2.05) is 18.2 Å². The van der Waals surface area contributed by atoms with Crippen LogP contribution in [0.3, 0.4) is 0 Å². The highest BCUT2D eigenvalue weighted by Crippen LogP contribution is 2.26. The molecule has 0 bridgehead atoms. The van der Waals surface area contributed by atoms with E-state index in [2.05, 4.69) is 4.98 Å². The molecule has 0 unspecified atom stereocenters. The van der Waals surface area contributed by atoms with Crippen LogP contribution in [-0.4, -0.2) is 9.07 Å². The summed E-state index contributed by atoms with van der Waals surface area (Å²) in [4.78, 5) is 29.0.